The maximum Gasteiger partial charge on any atom is 0.321 e. The maximum absolute atomic E-state index is 12.3. The van der Waals surface area contributed by atoms with Crippen molar-refractivity contribution in [3.05, 3.63) is 74.8 Å². The molecule has 7 nitrogen and oxygen atoms in total. The molecule has 0 aliphatic carbocycles. The zero-order chi connectivity index (χ0) is 21.2. The average molecular weight is 393 g/mol. The lowest BCUT2D eigenvalue weighted by atomic mass is 9.82. The monoisotopic (exact) mass is 393 g/mol. The first kappa shape index (κ1) is 20.3. The quantitative estimate of drug-likeness (QED) is 0.466. The average Bonchev–Trinajstić information content (AvgIpc) is 2.65. The van der Waals surface area contributed by atoms with Gasteiger partial charge in [-0.3, -0.25) is 20.2 Å². The Balaban J connectivity index is 1.94. The second kappa shape index (κ2) is 7.87. The van der Waals surface area contributed by atoms with Crippen LogP contribution in [-0.4, -0.2) is 23.4 Å². The van der Waals surface area contributed by atoms with Crippen molar-refractivity contribution in [1.82, 2.24) is 10.6 Å². The molecule has 1 fully saturated rings. The highest BCUT2D eigenvalue weighted by atomic mass is 16.6. The van der Waals surface area contributed by atoms with Crippen molar-refractivity contribution in [3.8, 4) is 0 Å². The van der Waals surface area contributed by atoms with Crippen LogP contribution in [0.25, 0.3) is 12.2 Å². The number of carbonyl (C=O) groups is 2. The van der Waals surface area contributed by atoms with E-state index in [0.717, 1.165) is 22.3 Å². The molecule has 1 unspecified atom stereocenters. The molecule has 1 aliphatic heterocycles. The molecule has 0 aromatic heterocycles. The Labute approximate surface area is 169 Å². The fraction of sp³-hybridized carbons (Fsp3) is 0.273. The highest BCUT2D eigenvalue weighted by Gasteiger charge is 2.28. The lowest BCUT2D eigenvalue weighted by molar-refractivity contribution is -0.384. The summed E-state index contributed by atoms with van der Waals surface area (Å²) in [4.78, 5) is 34.0. The molecule has 1 heterocycles. The zero-order valence-corrected chi connectivity index (χ0v) is 16.6. The van der Waals surface area contributed by atoms with Crippen molar-refractivity contribution in [2.45, 2.75) is 32.1 Å². The summed E-state index contributed by atoms with van der Waals surface area (Å²) in [6.07, 6.45) is 3.79. The molecular formula is C22H23N3O4. The smallest absolute Gasteiger partial charge is 0.321 e. The van der Waals surface area contributed by atoms with E-state index in [4.69, 9.17) is 0 Å². The highest BCUT2D eigenvalue weighted by Crippen LogP contribution is 2.29. The molecule has 2 aromatic rings. The molecule has 1 atom stereocenters. The maximum atomic E-state index is 12.3. The van der Waals surface area contributed by atoms with Gasteiger partial charge in [0.05, 0.1) is 10.8 Å². The highest BCUT2D eigenvalue weighted by molar-refractivity contribution is 6.00. The summed E-state index contributed by atoms with van der Waals surface area (Å²) >= 11 is 0. The van der Waals surface area contributed by atoms with Gasteiger partial charge < -0.3 is 5.32 Å². The minimum absolute atomic E-state index is 0.0459. The number of hydrogen-bond acceptors (Lipinski definition) is 4. The van der Waals surface area contributed by atoms with Gasteiger partial charge in [0.2, 0.25) is 5.91 Å². The van der Waals surface area contributed by atoms with Gasteiger partial charge in [-0.05, 0) is 39.8 Å². The lowest BCUT2D eigenvalue weighted by Gasteiger charge is -2.26. The van der Waals surface area contributed by atoms with E-state index in [1.54, 1.807) is 12.1 Å². The number of benzene rings is 2. The number of nitrogens with zero attached hydrogens (tertiary/aromatic N) is 1. The third kappa shape index (κ3) is 4.87. The van der Waals surface area contributed by atoms with Gasteiger partial charge in [-0.15, -0.1) is 0 Å². The molecule has 1 aliphatic rings. The van der Waals surface area contributed by atoms with Crippen LogP contribution >= 0.6 is 0 Å². The Hall–Kier alpha value is -3.48. The van der Waals surface area contributed by atoms with Crippen molar-refractivity contribution in [3.63, 3.8) is 0 Å². The second-order valence-corrected chi connectivity index (χ2v) is 8.07. The van der Waals surface area contributed by atoms with Crippen molar-refractivity contribution in [1.29, 1.82) is 0 Å². The van der Waals surface area contributed by atoms with E-state index in [1.165, 1.54) is 12.1 Å². The first-order chi connectivity index (χ1) is 13.6. The van der Waals surface area contributed by atoms with Gasteiger partial charge in [0, 0.05) is 18.7 Å². The normalized spacial score (nSPS) is 17.1. The molecule has 3 amide bonds. The number of amides is 3. The minimum atomic E-state index is -0.475. The number of nitro groups is 1. The van der Waals surface area contributed by atoms with Gasteiger partial charge in [0.15, 0.2) is 0 Å². The minimum Gasteiger partial charge on any atom is -0.337 e. The third-order valence-electron chi connectivity index (χ3n) is 4.84. The lowest BCUT2D eigenvalue weighted by Crippen LogP contribution is -2.51. The van der Waals surface area contributed by atoms with Crippen molar-refractivity contribution < 1.29 is 14.5 Å². The number of imide groups is 1. The SMILES string of the molecule is CC(C)(C)c1cc(/C=C/c2ccc([N+](=O)[O-])cc2)cc(C2CNC(=O)NC2=O)c1. The van der Waals surface area contributed by atoms with Crippen LogP contribution in [0, 0.1) is 10.1 Å². The number of urea groups is 1. The number of rotatable bonds is 4. The van der Waals surface area contributed by atoms with Gasteiger partial charge in [0.25, 0.3) is 5.69 Å². The number of nitrogens with one attached hydrogen (secondary N) is 2. The fourth-order valence-corrected chi connectivity index (χ4v) is 3.11. The molecule has 0 spiro atoms. The number of nitro benzene ring substituents is 1. The third-order valence-corrected chi connectivity index (χ3v) is 4.84. The van der Waals surface area contributed by atoms with E-state index in [1.807, 2.05) is 24.3 Å². The molecule has 7 heteroatoms. The van der Waals surface area contributed by atoms with E-state index < -0.39 is 16.9 Å². The Bertz CT molecular complexity index is 988. The summed E-state index contributed by atoms with van der Waals surface area (Å²) in [5.74, 6) is -0.772. The van der Waals surface area contributed by atoms with Crippen LogP contribution in [0.2, 0.25) is 0 Å². The predicted octanol–water partition coefficient (Wildman–Crippen LogP) is 3.99. The van der Waals surface area contributed by atoms with Gasteiger partial charge in [-0.2, -0.15) is 0 Å². The van der Waals surface area contributed by atoms with Gasteiger partial charge in [-0.1, -0.05) is 51.1 Å². The molecule has 0 saturated carbocycles. The van der Waals surface area contributed by atoms with E-state index >= 15 is 0 Å². The summed E-state index contributed by atoms with van der Waals surface area (Å²) in [6, 6.07) is 11.8. The van der Waals surface area contributed by atoms with Gasteiger partial charge in [0.1, 0.15) is 0 Å². The van der Waals surface area contributed by atoms with Crippen LogP contribution in [-0.2, 0) is 10.2 Å². The van der Waals surface area contributed by atoms with Crippen LogP contribution in [0.15, 0.2) is 42.5 Å². The van der Waals surface area contributed by atoms with Crippen molar-refractivity contribution in [2.24, 2.45) is 0 Å². The molecule has 29 heavy (non-hydrogen) atoms. The van der Waals surface area contributed by atoms with Crippen LogP contribution in [0.1, 0.15) is 48.9 Å². The molecule has 3 rings (SSSR count). The Morgan fingerprint density at radius 3 is 2.28 bits per heavy atom. The zero-order valence-electron chi connectivity index (χ0n) is 16.6. The number of carbonyl (C=O) groups excluding carboxylic acids is 2. The topological polar surface area (TPSA) is 101 Å². The van der Waals surface area contributed by atoms with E-state index in [0.29, 0.717) is 0 Å². The first-order valence-corrected chi connectivity index (χ1v) is 9.30. The second-order valence-electron chi connectivity index (χ2n) is 8.07. The Morgan fingerprint density at radius 1 is 1.03 bits per heavy atom. The van der Waals surface area contributed by atoms with E-state index in [9.17, 15) is 19.7 Å². The molecule has 1 saturated heterocycles. The molecule has 0 bridgehead atoms. The Kier molecular flexibility index (Phi) is 5.50. The van der Waals surface area contributed by atoms with Crippen LogP contribution in [0.4, 0.5) is 10.5 Å². The van der Waals surface area contributed by atoms with Crippen molar-refractivity contribution >= 4 is 29.8 Å². The van der Waals surface area contributed by atoms with Crippen LogP contribution in [0.5, 0.6) is 0 Å². The van der Waals surface area contributed by atoms with E-state index in [2.05, 4.69) is 37.5 Å². The van der Waals surface area contributed by atoms with Gasteiger partial charge >= 0.3 is 6.03 Å². The van der Waals surface area contributed by atoms with Crippen molar-refractivity contribution in [2.75, 3.05) is 6.54 Å². The summed E-state index contributed by atoms with van der Waals surface area (Å²) in [7, 11) is 0. The number of hydrogen-bond donors (Lipinski definition) is 2. The summed E-state index contributed by atoms with van der Waals surface area (Å²) in [5.41, 5.74) is 3.57. The molecular weight excluding hydrogens is 370 g/mol. The molecule has 2 aromatic carbocycles. The molecule has 0 radical (unpaired) electrons. The summed E-state index contributed by atoms with van der Waals surface area (Å²) in [6.45, 7) is 6.54. The Morgan fingerprint density at radius 2 is 1.69 bits per heavy atom. The first-order valence-electron chi connectivity index (χ1n) is 9.30. The summed E-state index contributed by atoms with van der Waals surface area (Å²) in [5, 5.41) is 15.8. The fourth-order valence-electron chi connectivity index (χ4n) is 3.11. The predicted molar refractivity (Wildman–Crippen MR) is 111 cm³/mol. The largest absolute Gasteiger partial charge is 0.337 e. The van der Waals surface area contributed by atoms with Crippen LogP contribution in [0.3, 0.4) is 0 Å². The van der Waals surface area contributed by atoms with E-state index in [-0.39, 0.29) is 23.6 Å². The van der Waals surface area contributed by atoms with Gasteiger partial charge in [-0.25, -0.2) is 4.79 Å². The standard InChI is InChI=1S/C22H23N3O4/c1-22(2,3)17-11-15(5-4-14-6-8-18(9-7-14)25(28)29)10-16(12-17)19-13-23-21(27)24-20(19)26/h4-12,19H,13H2,1-3H3,(H2,23,24,26,27)/b5-4+. The summed E-state index contributed by atoms with van der Waals surface area (Å²) < 4.78 is 0. The molecule has 2 N–H and O–H groups in total. The van der Waals surface area contributed by atoms with Crippen LogP contribution < -0.4 is 10.6 Å². The molecule has 150 valence electrons. The number of non-ortho nitro benzene ring substituents is 1.